The zero-order valence-electron chi connectivity index (χ0n) is 11.0. The van der Waals surface area contributed by atoms with Crippen LogP contribution < -0.4 is 10.1 Å². The molecule has 3 heteroatoms. The van der Waals surface area contributed by atoms with Gasteiger partial charge in [-0.05, 0) is 50.8 Å². The van der Waals surface area contributed by atoms with Gasteiger partial charge >= 0.3 is 0 Å². The van der Waals surface area contributed by atoms with Gasteiger partial charge in [-0.2, -0.15) is 0 Å². The molecule has 18 heavy (non-hydrogen) atoms. The van der Waals surface area contributed by atoms with Crippen molar-refractivity contribution in [3.63, 3.8) is 0 Å². The van der Waals surface area contributed by atoms with Crippen molar-refractivity contribution in [1.82, 2.24) is 5.32 Å². The lowest BCUT2D eigenvalue weighted by atomic mass is 9.92. The van der Waals surface area contributed by atoms with E-state index < -0.39 is 0 Å². The van der Waals surface area contributed by atoms with Crippen molar-refractivity contribution in [2.45, 2.75) is 51.2 Å². The minimum atomic E-state index is 0.299. The predicted octanol–water partition coefficient (Wildman–Crippen LogP) is 4.03. The van der Waals surface area contributed by atoms with Gasteiger partial charge in [0.15, 0.2) is 0 Å². The molecule has 0 heterocycles. The standard InChI is InChI=1S/C15H22ClNO/c1-2-10-17-12-6-5-7-13(11-12)18-15-9-4-3-8-14(15)16/h3-4,8-9,12-13,17H,2,5-7,10-11H2,1H3. The maximum absolute atomic E-state index is 6.12. The molecule has 0 radical (unpaired) electrons. The van der Waals surface area contributed by atoms with Crippen LogP contribution in [-0.4, -0.2) is 18.7 Å². The van der Waals surface area contributed by atoms with Gasteiger partial charge in [0.1, 0.15) is 11.9 Å². The molecule has 100 valence electrons. The molecule has 2 rings (SSSR count). The Bertz CT molecular complexity index is 369. The van der Waals surface area contributed by atoms with Crippen LogP contribution in [0.1, 0.15) is 39.0 Å². The summed E-state index contributed by atoms with van der Waals surface area (Å²) < 4.78 is 6.02. The summed E-state index contributed by atoms with van der Waals surface area (Å²) in [5.41, 5.74) is 0. The van der Waals surface area contributed by atoms with Crippen LogP contribution >= 0.6 is 11.6 Å². The summed E-state index contributed by atoms with van der Waals surface area (Å²) in [6, 6.07) is 8.34. The van der Waals surface area contributed by atoms with E-state index in [1.807, 2.05) is 24.3 Å². The highest BCUT2D eigenvalue weighted by Crippen LogP contribution is 2.28. The van der Waals surface area contributed by atoms with E-state index in [0.717, 1.165) is 25.1 Å². The van der Waals surface area contributed by atoms with Gasteiger partial charge in [0.25, 0.3) is 0 Å². The first-order valence-electron chi connectivity index (χ1n) is 6.94. The molecule has 1 fully saturated rings. The summed E-state index contributed by atoms with van der Waals surface area (Å²) in [5, 5.41) is 4.30. The highest BCUT2D eigenvalue weighted by Gasteiger charge is 2.23. The van der Waals surface area contributed by atoms with Crippen molar-refractivity contribution in [3.05, 3.63) is 29.3 Å². The van der Waals surface area contributed by atoms with E-state index in [1.54, 1.807) is 0 Å². The van der Waals surface area contributed by atoms with Crippen molar-refractivity contribution < 1.29 is 4.74 Å². The van der Waals surface area contributed by atoms with Crippen LogP contribution in [0.3, 0.4) is 0 Å². The second-order valence-electron chi connectivity index (χ2n) is 4.99. The average Bonchev–Trinajstić information content (AvgIpc) is 2.40. The van der Waals surface area contributed by atoms with E-state index in [1.165, 1.54) is 19.3 Å². The fourth-order valence-electron chi connectivity index (χ4n) is 2.51. The lowest BCUT2D eigenvalue weighted by molar-refractivity contribution is 0.135. The first-order chi connectivity index (χ1) is 8.79. The minimum absolute atomic E-state index is 0.299. The number of nitrogens with one attached hydrogen (secondary N) is 1. The van der Waals surface area contributed by atoms with Crippen molar-refractivity contribution in [1.29, 1.82) is 0 Å². The normalized spacial score (nSPS) is 23.9. The molecule has 1 aliphatic carbocycles. The van der Waals surface area contributed by atoms with Gasteiger partial charge < -0.3 is 10.1 Å². The molecule has 0 aromatic heterocycles. The maximum atomic E-state index is 6.12. The molecule has 1 aliphatic rings. The fraction of sp³-hybridized carbons (Fsp3) is 0.600. The second-order valence-corrected chi connectivity index (χ2v) is 5.40. The molecule has 2 unspecified atom stereocenters. The first kappa shape index (κ1) is 13.7. The van der Waals surface area contributed by atoms with Crippen LogP contribution in [0.5, 0.6) is 5.75 Å². The topological polar surface area (TPSA) is 21.3 Å². The van der Waals surface area contributed by atoms with Crippen LogP contribution in [0.4, 0.5) is 0 Å². The summed E-state index contributed by atoms with van der Waals surface area (Å²) in [4.78, 5) is 0. The molecular weight excluding hydrogens is 246 g/mol. The third kappa shape index (κ3) is 3.89. The number of hydrogen-bond acceptors (Lipinski definition) is 2. The molecule has 2 atom stereocenters. The molecular formula is C15H22ClNO. The minimum Gasteiger partial charge on any atom is -0.489 e. The van der Waals surface area contributed by atoms with E-state index in [0.29, 0.717) is 17.2 Å². The number of rotatable bonds is 5. The monoisotopic (exact) mass is 267 g/mol. The third-order valence-corrected chi connectivity index (χ3v) is 3.75. The first-order valence-corrected chi connectivity index (χ1v) is 7.32. The molecule has 0 amide bonds. The zero-order valence-corrected chi connectivity index (χ0v) is 11.7. The Morgan fingerprint density at radius 3 is 2.94 bits per heavy atom. The predicted molar refractivity (Wildman–Crippen MR) is 76.4 cm³/mol. The van der Waals surface area contributed by atoms with Crippen LogP contribution in [0, 0.1) is 0 Å². The number of hydrogen-bond donors (Lipinski definition) is 1. The Hall–Kier alpha value is -0.730. The highest BCUT2D eigenvalue weighted by atomic mass is 35.5. The van der Waals surface area contributed by atoms with E-state index in [-0.39, 0.29) is 0 Å². The molecule has 1 aromatic rings. The molecule has 0 aliphatic heterocycles. The van der Waals surface area contributed by atoms with Gasteiger partial charge in [-0.3, -0.25) is 0 Å². The smallest absolute Gasteiger partial charge is 0.138 e. The molecule has 0 saturated heterocycles. The van der Waals surface area contributed by atoms with Gasteiger partial charge in [0, 0.05) is 6.04 Å². The number of para-hydroxylation sites is 1. The molecule has 1 N–H and O–H groups in total. The average molecular weight is 268 g/mol. The van der Waals surface area contributed by atoms with E-state index in [2.05, 4.69) is 12.2 Å². The van der Waals surface area contributed by atoms with E-state index >= 15 is 0 Å². The summed E-state index contributed by atoms with van der Waals surface area (Å²) in [7, 11) is 0. The van der Waals surface area contributed by atoms with E-state index in [9.17, 15) is 0 Å². The van der Waals surface area contributed by atoms with Crippen molar-refractivity contribution in [2.75, 3.05) is 6.54 Å². The van der Waals surface area contributed by atoms with Gasteiger partial charge in [-0.15, -0.1) is 0 Å². The van der Waals surface area contributed by atoms with Gasteiger partial charge in [-0.25, -0.2) is 0 Å². The van der Waals surface area contributed by atoms with Gasteiger partial charge in [0.2, 0.25) is 0 Å². The van der Waals surface area contributed by atoms with E-state index in [4.69, 9.17) is 16.3 Å². The molecule has 1 aromatic carbocycles. The van der Waals surface area contributed by atoms with Gasteiger partial charge in [-0.1, -0.05) is 30.7 Å². The van der Waals surface area contributed by atoms with Crippen LogP contribution in [0.25, 0.3) is 0 Å². The Labute approximate surface area is 115 Å². The van der Waals surface area contributed by atoms with Crippen LogP contribution in [-0.2, 0) is 0 Å². The summed E-state index contributed by atoms with van der Waals surface area (Å²) >= 11 is 6.12. The van der Waals surface area contributed by atoms with Crippen molar-refractivity contribution in [2.24, 2.45) is 0 Å². The number of benzene rings is 1. The number of halogens is 1. The van der Waals surface area contributed by atoms with Crippen LogP contribution in [0.2, 0.25) is 5.02 Å². The Kier molecular flexibility index (Phi) is 5.33. The lowest BCUT2D eigenvalue weighted by Gasteiger charge is -2.30. The zero-order chi connectivity index (χ0) is 12.8. The maximum Gasteiger partial charge on any atom is 0.138 e. The fourth-order valence-corrected chi connectivity index (χ4v) is 2.69. The largest absolute Gasteiger partial charge is 0.489 e. The van der Waals surface area contributed by atoms with Crippen molar-refractivity contribution in [3.8, 4) is 5.75 Å². The third-order valence-electron chi connectivity index (χ3n) is 3.44. The molecule has 1 saturated carbocycles. The summed E-state index contributed by atoms with van der Waals surface area (Å²) in [5.74, 6) is 0.820. The van der Waals surface area contributed by atoms with Gasteiger partial charge in [0.05, 0.1) is 5.02 Å². The SMILES string of the molecule is CCCNC1CCCC(Oc2ccccc2Cl)C1. The summed E-state index contributed by atoms with van der Waals surface area (Å²) in [6.45, 7) is 3.30. The molecule has 2 nitrogen and oxygen atoms in total. The Morgan fingerprint density at radius 1 is 1.33 bits per heavy atom. The number of ether oxygens (including phenoxy) is 1. The lowest BCUT2D eigenvalue weighted by Crippen LogP contribution is -2.38. The highest BCUT2D eigenvalue weighted by molar-refractivity contribution is 6.32. The Morgan fingerprint density at radius 2 is 2.17 bits per heavy atom. The second kappa shape index (κ2) is 7.01. The molecule has 0 spiro atoms. The Balaban J connectivity index is 1.87. The quantitative estimate of drug-likeness (QED) is 0.870. The molecule has 0 bridgehead atoms. The summed E-state index contributed by atoms with van der Waals surface area (Å²) in [6.07, 6.45) is 6.21. The van der Waals surface area contributed by atoms with Crippen LogP contribution in [0.15, 0.2) is 24.3 Å². The van der Waals surface area contributed by atoms with Crippen molar-refractivity contribution >= 4 is 11.6 Å².